The van der Waals surface area contributed by atoms with Crippen molar-refractivity contribution in [3.8, 4) is 0 Å². The standard InChI is InChI=1S/C21H30N4O/c1-19-22-11-16-24(19)15-10-21(26)25-14-6-13-23(17-18-25)12-5-9-20-7-3-2-4-8-20/h2-4,7-8,11,16H,5-6,9-10,12-15,17-18H2,1H3. The van der Waals surface area contributed by atoms with Gasteiger partial charge in [-0.15, -0.1) is 0 Å². The fourth-order valence-electron chi connectivity index (χ4n) is 3.61. The summed E-state index contributed by atoms with van der Waals surface area (Å²) in [7, 11) is 0. The average Bonchev–Trinajstić information content (AvgIpc) is 2.92. The Kier molecular flexibility index (Phi) is 6.83. The summed E-state index contributed by atoms with van der Waals surface area (Å²) in [4.78, 5) is 21.3. The predicted octanol–water partition coefficient (Wildman–Crippen LogP) is 2.75. The first-order chi connectivity index (χ1) is 12.7. The molecule has 0 saturated carbocycles. The van der Waals surface area contributed by atoms with E-state index in [1.54, 1.807) is 6.20 Å². The van der Waals surface area contributed by atoms with E-state index >= 15 is 0 Å². The lowest BCUT2D eigenvalue weighted by Gasteiger charge is -2.22. The van der Waals surface area contributed by atoms with Crippen LogP contribution >= 0.6 is 0 Å². The summed E-state index contributed by atoms with van der Waals surface area (Å²) in [6, 6.07) is 10.7. The Morgan fingerprint density at radius 2 is 1.92 bits per heavy atom. The van der Waals surface area contributed by atoms with Crippen LogP contribution in [0.15, 0.2) is 42.7 Å². The van der Waals surface area contributed by atoms with Crippen LogP contribution < -0.4 is 0 Å². The Hall–Kier alpha value is -2.14. The van der Waals surface area contributed by atoms with Crippen molar-refractivity contribution in [1.29, 1.82) is 0 Å². The van der Waals surface area contributed by atoms with Gasteiger partial charge in [-0.3, -0.25) is 4.79 Å². The van der Waals surface area contributed by atoms with Gasteiger partial charge in [0.1, 0.15) is 5.82 Å². The number of benzene rings is 1. The van der Waals surface area contributed by atoms with Gasteiger partial charge in [0.05, 0.1) is 0 Å². The number of carbonyl (C=O) groups is 1. The summed E-state index contributed by atoms with van der Waals surface area (Å²) < 4.78 is 2.05. The minimum atomic E-state index is 0.268. The number of hydrogen-bond acceptors (Lipinski definition) is 3. The zero-order valence-corrected chi connectivity index (χ0v) is 15.8. The fourth-order valence-corrected chi connectivity index (χ4v) is 3.61. The predicted molar refractivity (Wildman–Crippen MR) is 104 cm³/mol. The van der Waals surface area contributed by atoms with E-state index in [0.29, 0.717) is 6.42 Å². The van der Waals surface area contributed by atoms with Gasteiger partial charge in [-0.1, -0.05) is 30.3 Å². The van der Waals surface area contributed by atoms with Gasteiger partial charge in [-0.2, -0.15) is 0 Å². The maximum absolute atomic E-state index is 12.5. The summed E-state index contributed by atoms with van der Waals surface area (Å²) in [6.07, 6.45) is 7.67. The van der Waals surface area contributed by atoms with Gasteiger partial charge in [0, 0.05) is 45.0 Å². The number of imidazole rings is 1. The third kappa shape index (κ3) is 5.43. The van der Waals surface area contributed by atoms with Gasteiger partial charge < -0.3 is 14.4 Å². The molecule has 0 bridgehead atoms. The summed E-state index contributed by atoms with van der Waals surface area (Å²) in [6.45, 7) is 7.64. The maximum atomic E-state index is 12.5. The van der Waals surface area contributed by atoms with Crippen molar-refractivity contribution in [2.24, 2.45) is 0 Å². The molecule has 2 aromatic rings. The first-order valence-electron chi connectivity index (χ1n) is 9.74. The van der Waals surface area contributed by atoms with Crippen LogP contribution in [0.2, 0.25) is 0 Å². The molecule has 2 heterocycles. The van der Waals surface area contributed by atoms with Gasteiger partial charge in [-0.25, -0.2) is 4.98 Å². The molecule has 1 aliphatic rings. The maximum Gasteiger partial charge on any atom is 0.224 e. The van der Waals surface area contributed by atoms with E-state index < -0.39 is 0 Å². The Labute approximate surface area is 156 Å². The molecule has 1 amide bonds. The number of carbonyl (C=O) groups excluding carboxylic acids is 1. The summed E-state index contributed by atoms with van der Waals surface area (Å²) >= 11 is 0. The van der Waals surface area contributed by atoms with Gasteiger partial charge in [-0.05, 0) is 44.8 Å². The second kappa shape index (κ2) is 9.53. The molecule has 5 heteroatoms. The number of nitrogens with zero attached hydrogens (tertiary/aromatic N) is 4. The lowest BCUT2D eigenvalue weighted by molar-refractivity contribution is -0.131. The van der Waals surface area contributed by atoms with Crippen LogP contribution in [0, 0.1) is 6.92 Å². The summed E-state index contributed by atoms with van der Waals surface area (Å²) in [5.74, 6) is 1.24. The third-order valence-corrected chi connectivity index (χ3v) is 5.21. The fraction of sp³-hybridized carbons (Fsp3) is 0.524. The molecule has 0 N–H and O–H groups in total. The Morgan fingerprint density at radius 1 is 1.08 bits per heavy atom. The SMILES string of the molecule is Cc1nccn1CCC(=O)N1CCCN(CCCc2ccccc2)CC1. The zero-order chi connectivity index (χ0) is 18.2. The van der Waals surface area contributed by atoms with Crippen LogP contribution in [-0.4, -0.2) is 58.0 Å². The van der Waals surface area contributed by atoms with Gasteiger partial charge in [0.25, 0.3) is 0 Å². The number of aryl methyl sites for hydroxylation is 3. The normalized spacial score (nSPS) is 15.8. The lowest BCUT2D eigenvalue weighted by Crippen LogP contribution is -2.35. The molecular formula is C21H30N4O. The highest BCUT2D eigenvalue weighted by molar-refractivity contribution is 5.76. The summed E-state index contributed by atoms with van der Waals surface area (Å²) in [5, 5.41) is 0. The van der Waals surface area contributed by atoms with Crippen molar-refractivity contribution in [2.75, 3.05) is 32.7 Å². The first-order valence-corrected chi connectivity index (χ1v) is 9.74. The Balaban J connectivity index is 1.38. The van der Waals surface area contributed by atoms with Crippen molar-refractivity contribution in [1.82, 2.24) is 19.4 Å². The third-order valence-electron chi connectivity index (χ3n) is 5.21. The minimum absolute atomic E-state index is 0.268. The molecule has 0 spiro atoms. The van der Waals surface area contributed by atoms with Crippen molar-refractivity contribution < 1.29 is 4.79 Å². The second-order valence-electron chi connectivity index (χ2n) is 7.08. The van der Waals surface area contributed by atoms with Crippen molar-refractivity contribution in [2.45, 2.75) is 39.2 Å². The van der Waals surface area contributed by atoms with E-state index in [1.165, 1.54) is 12.0 Å². The highest BCUT2D eigenvalue weighted by Gasteiger charge is 2.18. The topological polar surface area (TPSA) is 41.4 Å². The molecule has 0 atom stereocenters. The molecule has 1 fully saturated rings. The molecule has 0 aliphatic carbocycles. The van der Waals surface area contributed by atoms with E-state index in [0.717, 1.165) is 57.9 Å². The molecule has 5 nitrogen and oxygen atoms in total. The van der Waals surface area contributed by atoms with Gasteiger partial charge >= 0.3 is 0 Å². The Bertz CT molecular complexity index is 682. The number of hydrogen-bond donors (Lipinski definition) is 0. The molecule has 1 aliphatic heterocycles. The van der Waals surface area contributed by atoms with E-state index in [9.17, 15) is 4.79 Å². The molecular weight excluding hydrogens is 324 g/mol. The van der Waals surface area contributed by atoms with Crippen molar-refractivity contribution in [3.05, 3.63) is 54.1 Å². The van der Waals surface area contributed by atoms with Gasteiger partial charge in [0.15, 0.2) is 0 Å². The Morgan fingerprint density at radius 3 is 2.69 bits per heavy atom. The van der Waals surface area contributed by atoms with Crippen LogP contribution in [0.25, 0.3) is 0 Å². The van der Waals surface area contributed by atoms with Crippen molar-refractivity contribution in [3.63, 3.8) is 0 Å². The molecule has 3 rings (SSSR count). The quantitative estimate of drug-likeness (QED) is 0.768. The molecule has 0 radical (unpaired) electrons. The van der Waals surface area contributed by atoms with Crippen LogP contribution in [0.4, 0.5) is 0 Å². The largest absolute Gasteiger partial charge is 0.341 e. The van der Waals surface area contributed by atoms with Crippen LogP contribution in [0.3, 0.4) is 0 Å². The van der Waals surface area contributed by atoms with Crippen molar-refractivity contribution >= 4 is 5.91 Å². The second-order valence-corrected chi connectivity index (χ2v) is 7.08. The molecule has 0 unspecified atom stereocenters. The number of aromatic nitrogens is 2. The first kappa shape index (κ1) is 18.6. The molecule has 140 valence electrons. The zero-order valence-electron chi connectivity index (χ0n) is 15.8. The molecule has 1 aromatic carbocycles. The molecule has 26 heavy (non-hydrogen) atoms. The smallest absolute Gasteiger partial charge is 0.224 e. The highest BCUT2D eigenvalue weighted by Crippen LogP contribution is 2.09. The van der Waals surface area contributed by atoms with E-state index in [1.807, 2.05) is 22.6 Å². The van der Waals surface area contributed by atoms with E-state index in [-0.39, 0.29) is 5.91 Å². The molecule has 1 aromatic heterocycles. The molecule has 1 saturated heterocycles. The van der Waals surface area contributed by atoms with E-state index in [4.69, 9.17) is 0 Å². The average molecular weight is 354 g/mol. The highest BCUT2D eigenvalue weighted by atomic mass is 16.2. The van der Waals surface area contributed by atoms with E-state index in [2.05, 4.69) is 40.2 Å². The van der Waals surface area contributed by atoms with Gasteiger partial charge in [0.2, 0.25) is 5.91 Å². The lowest BCUT2D eigenvalue weighted by atomic mass is 10.1. The summed E-state index contributed by atoms with van der Waals surface area (Å²) in [5.41, 5.74) is 1.41. The monoisotopic (exact) mass is 354 g/mol. The minimum Gasteiger partial charge on any atom is -0.341 e. The van der Waals surface area contributed by atoms with Crippen LogP contribution in [0.1, 0.15) is 30.7 Å². The van der Waals surface area contributed by atoms with Crippen LogP contribution in [0.5, 0.6) is 0 Å². The number of rotatable bonds is 7. The number of amides is 1. The van der Waals surface area contributed by atoms with Crippen LogP contribution in [-0.2, 0) is 17.8 Å².